The quantitative estimate of drug-likeness (QED) is 0.120. The Balaban J connectivity index is 1.64. The van der Waals surface area contributed by atoms with E-state index in [1.165, 1.54) is 5.56 Å². The second kappa shape index (κ2) is 15.1. The highest BCUT2D eigenvalue weighted by Gasteiger charge is 2.20. The Morgan fingerprint density at radius 3 is 2.12 bits per heavy atom. The fourth-order valence-electron chi connectivity index (χ4n) is 3.56. The van der Waals surface area contributed by atoms with Gasteiger partial charge in [-0.15, -0.1) is 0 Å². The minimum Gasteiger partial charge on any atom is -0.494 e. The molecule has 40 heavy (non-hydrogen) atoms. The molecule has 0 saturated heterocycles. The Morgan fingerprint density at radius 1 is 0.800 bits per heavy atom. The molecule has 8 heteroatoms. The minimum atomic E-state index is -0.837. The fourth-order valence-corrected chi connectivity index (χ4v) is 3.56. The van der Waals surface area contributed by atoms with Crippen molar-refractivity contribution in [3.63, 3.8) is 0 Å². The summed E-state index contributed by atoms with van der Waals surface area (Å²) in [5.41, 5.74) is 1.97. The maximum absolute atomic E-state index is 13.0. The van der Waals surface area contributed by atoms with Crippen LogP contribution in [0.5, 0.6) is 11.5 Å². The maximum atomic E-state index is 13.0. The van der Waals surface area contributed by atoms with Gasteiger partial charge in [0.15, 0.2) is 5.75 Å². The van der Waals surface area contributed by atoms with Gasteiger partial charge in [-0.25, -0.2) is 9.59 Å². The first-order chi connectivity index (χ1) is 19.2. The van der Waals surface area contributed by atoms with Gasteiger partial charge in [0, 0.05) is 5.56 Å². The van der Waals surface area contributed by atoms with Crippen LogP contribution < -0.4 is 14.8 Å². The highest BCUT2D eigenvalue weighted by molar-refractivity contribution is 6.05. The van der Waals surface area contributed by atoms with Crippen LogP contribution in [0, 0.1) is 0 Å². The van der Waals surface area contributed by atoms with Crippen molar-refractivity contribution in [2.45, 2.75) is 52.7 Å². The molecule has 0 aliphatic rings. The summed E-state index contributed by atoms with van der Waals surface area (Å²) in [6.45, 7) is 7.29. The van der Waals surface area contributed by atoms with E-state index in [1.807, 2.05) is 18.2 Å². The Labute approximate surface area is 234 Å². The predicted octanol–water partition coefficient (Wildman–Crippen LogP) is 6.12. The number of esters is 2. The Bertz CT molecular complexity index is 1300. The van der Waals surface area contributed by atoms with Crippen molar-refractivity contribution in [3.8, 4) is 11.5 Å². The molecular formula is C32H35NO7. The third-order valence-corrected chi connectivity index (χ3v) is 5.34. The van der Waals surface area contributed by atoms with Crippen LogP contribution in [-0.4, -0.2) is 36.7 Å². The van der Waals surface area contributed by atoms with Crippen LogP contribution in [0.15, 0.2) is 90.7 Å². The van der Waals surface area contributed by atoms with Crippen molar-refractivity contribution in [2.24, 2.45) is 0 Å². The lowest BCUT2D eigenvalue weighted by atomic mass is 10.1. The lowest BCUT2D eigenvalue weighted by Gasteiger charge is -2.15. The zero-order valence-corrected chi connectivity index (χ0v) is 23.2. The van der Waals surface area contributed by atoms with E-state index in [2.05, 4.69) is 17.4 Å². The summed E-state index contributed by atoms with van der Waals surface area (Å²) in [5.74, 6) is -1.53. The van der Waals surface area contributed by atoms with E-state index in [0.717, 1.165) is 18.9 Å². The molecule has 0 aromatic heterocycles. The molecule has 0 aliphatic carbocycles. The summed E-state index contributed by atoms with van der Waals surface area (Å²) in [5, 5.41) is 2.79. The molecule has 3 aromatic rings. The van der Waals surface area contributed by atoms with Gasteiger partial charge >= 0.3 is 11.9 Å². The number of anilines is 1. The van der Waals surface area contributed by atoms with Crippen LogP contribution in [0.1, 0.15) is 50.0 Å². The molecule has 0 fully saturated rings. The van der Waals surface area contributed by atoms with Gasteiger partial charge in [-0.05, 0) is 82.5 Å². The summed E-state index contributed by atoms with van der Waals surface area (Å²) in [6, 6.07) is 23.6. The van der Waals surface area contributed by atoms with Gasteiger partial charge in [-0.3, -0.25) is 4.79 Å². The summed E-state index contributed by atoms with van der Waals surface area (Å²) in [6.07, 6.45) is 1.91. The highest BCUT2D eigenvalue weighted by atomic mass is 16.6. The molecular weight excluding hydrogens is 510 g/mol. The van der Waals surface area contributed by atoms with E-state index >= 15 is 0 Å². The van der Waals surface area contributed by atoms with E-state index in [1.54, 1.807) is 76.2 Å². The number of aryl methyl sites for hydroxylation is 1. The molecule has 0 heterocycles. The van der Waals surface area contributed by atoms with Crippen molar-refractivity contribution in [3.05, 3.63) is 102 Å². The molecule has 1 amide bonds. The van der Waals surface area contributed by atoms with Crippen molar-refractivity contribution in [1.29, 1.82) is 0 Å². The van der Waals surface area contributed by atoms with Gasteiger partial charge in [0.1, 0.15) is 5.75 Å². The lowest BCUT2D eigenvalue weighted by molar-refractivity contribution is -0.147. The normalized spacial score (nSPS) is 11.2. The minimum absolute atomic E-state index is 0.151. The Kier molecular flexibility index (Phi) is 11.3. The van der Waals surface area contributed by atoms with Crippen LogP contribution in [0.4, 0.5) is 5.69 Å². The summed E-state index contributed by atoms with van der Waals surface area (Å²) in [7, 11) is 0. The number of hydrogen-bond acceptors (Lipinski definition) is 7. The number of benzene rings is 3. The molecule has 8 nitrogen and oxygen atoms in total. The molecule has 0 spiro atoms. The number of carbonyl (C=O) groups is 3. The molecule has 1 N–H and O–H groups in total. The number of hydrogen-bond donors (Lipinski definition) is 1. The van der Waals surface area contributed by atoms with E-state index < -0.39 is 18.0 Å². The average molecular weight is 546 g/mol. The number of ether oxygens (including phenoxy) is 4. The average Bonchev–Trinajstić information content (AvgIpc) is 2.92. The van der Waals surface area contributed by atoms with Crippen LogP contribution in [-0.2, 0) is 25.5 Å². The Morgan fingerprint density at radius 2 is 1.45 bits per heavy atom. The Hall–Kier alpha value is -4.59. The van der Waals surface area contributed by atoms with E-state index in [4.69, 9.17) is 18.9 Å². The van der Waals surface area contributed by atoms with E-state index in [9.17, 15) is 14.4 Å². The first kappa shape index (κ1) is 30.0. The second-order valence-corrected chi connectivity index (χ2v) is 9.46. The first-order valence-electron chi connectivity index (χ1n) is 13.2. The smallest absolute Gasteiger partial charge is 0.374 e. The second-order valence-electron chi connectivity index (χ2n) is 9.46. The molecule has 0 saturated carbocycles. The third-order valence-electron chi connectivity index (χ3n) is 5.34. The van der Waals surface area contributed by atoms with Gasteiger partial charge < -0.3 is 24.3 Å². The van der Waals surface area contributed by atoms with Crippen molar-refractivity contribution in [2.75, 3.05) is 11.9 Å². The molecule has 0 bridgehead atoms. The third kappa shape index (κ3) is 9.94. The van der Waals surface area contributed by atoms with Crippen molar-refractivity contribution >= 4 is 23.5 Å². The molecule has 0 radical (unpaired) electrons. The topological polar surface area (TPSA) is 100 Å². The van der Waals surface area contributed by atoms with Crippen LogP contribution >= 0.6 is 0 Å². The number of rotatable bonds is 13. The van der Waals surface area contributed by atoms with Crippen molar-refractivity contribution in [1.82, 2.24) is 0 Å². The molecule has 0 aliphatic heterocycles. The SMILES string of the molecule is CC(C)OC(=O)/C=C(\Oc1ccccc1NC(=O)c1ccc(OCCCc2ccccc2)cc1)C(=O)OC(C)C. The maximum Gasteiger partial charge on any atom is 0.374 e. The number of para-hydroxylation sites is 2. The van der Waals surface area contributed by atoms with Crippen molar-refractivity contribution < 1.29 is 33.3 Å². The van der Waals surface area contributed by atoms with Gasteiger partial charge in [0.05, 0.1) is 30.6 Å². The van der Waals surface area contributed by atoms with Gasteiger partial charge in [-0.1, -0.05) is 42.5 Å². The monoisotopic (exact) mass is 545 g/mol. The summed E-state index contributed by atoms with van der Waals surface area (Å²) >= 11 is 0. The molecule has 3 aromatic carbocycles. The van der Waals surface area contributed by atoms with Gasteiger partial charge in [0.2, 0.25) is 5.76 Å². The number of amides is 1. The standard InChI is InChI=1S/C32H35NO7/c1-22(2)38-30(34)21-29(32(36)39-23(3)4)40-28-15-9-8-14-27(28)33-31(35)25-16-18-26(19-17-25)37-20-10-13-24-11-6-5-7-12-24/h5-9,11-12,14-19,21-23H,10,13,20H2,1-4H3,(H,33,35)/b29-21-. The molecule has 0 atom stereocenters. The fraction of sp³-hybridized carbons (Fsp3) is 0.281. The van der Waals surface area contributed by atoms with Crippen LogP contribution in [0.3, 0.4) is 0 Å². The largest absolute Gasteiger partial charge is 0.494 e. The van der Waals surface area contributed by atoms with Gasteiger partial charge in [0.25, 0.3) is 5.91 Å². The van der Waals surface area contributed by atoms with Crippen LogP contribution in [0.2, 0.25) is 0 Å². The summed E-state index contributed by atoms with van der Waals surface area (Å²) in [4.78, 5) is 37.8. The zero-order valence-electron chi connectivity index (χ0n) is 23.2. The highest BCUT2D eigenvalue weighted by Crippen LogP contribution is 2.27. The van der Waals surface area contributed by atoms with Gasteiger partial charge in [-0.2, -0.15) is 0 Å². The first-order valence-corrected chi connectivity index (χ1v) is 13.2. The van der Waals surface area contributed by atoms with E-state index in [-0.39, 0.29) is 23.5 Å². The summed E-state index contributed by atoms with van der Waals surface area (Å²) < 4.78 is 21.9. The number of carbonyl (C=O) groups excluding carboxylic acids is 3. The lowest BCUT2D eigenvalue weighted by Crippen LogP contribution is -2.20. The molecule has 210 valence electrons. The zero-order chi connectivity index (χ0) is 28.9. The number of nitrogens with one attached hydrogen (secondary N) is 1. The predicted molar refractivity (Wildman–Crippen MR) is 152 cm³/mol. The molecule has 3 rings (SSSR count). The van der Waals surface area contributed by atoms with Crippen LogP contribution in [0.25, 0.3) is 0 Å². The van der Waals surface area contributed by atoms with E-state index in [0.29, 0.717) is 23.6 Å². The molecule has 0 unspecified atom stereocenters.